The monoisotopic (exact) mass is 220 g/mol. The summed E-state index contributed by atoms with van der Waals surface area (Å²) >= 11 is 0. The van der Waals surface area contributed by atoms with Crippen molar-refractivity contribution < 1.29 is 4.39 Å². The summed E-state index contributed by atoms with van der Waals surface area (Å²) in [5, 5.41) is 7.93. The maximum absolute atomic E-state index is 13.6. The smallest absolute Gasteiger partial charge is 0.166 e. The van der Waals surface area contributed by atoms with E-state index in [9.17, 15) is 4.39 Å². The summed E-state index contributed by atoms with van der Waals surface area (Å²) in [4.78, 5) is 0. The van der Waals surface area contributed by atoms with Crippen LogP contribution in [0, 0.1) is 5.82 Å². The zero-order chi connectivity index (χ0) is 11.5. The molecule has 1 aromatic carbocycles. The second-order valence-electron chi connectivity index (χ2n) is 3.37. The molecular formula is C11H13FN4. The van der Waals surface area contributed by atoms with E-state index in [0.29, 0.717) is 30.3 Å². The van der Waals surface area contributed by atoms with E-state index in [0.717, 1.165) is 0 Å². The summed E-state index contributed by atoms with van der Waals surface area (Å²) < 4.78 is 15.4. The predicted molar refractivity (Wildman–Crippen MR) is 59.0 cm³/mol. The lowest BCUT2D eigenvalue weighted by atomic mass is 10.2. The molecule has 0 aliphatic rings. The Labute approximate surface area is 92.9 Å². The van der Waals surface area contributed by atoms with Gasteiger partial charge in [0.25, 0.3) is 0 Å². The first kappa shape index (κ1) is 10.8. The molecule has 4 nitrogen and oxygen atoms in total. The van der Waals surface area contributed by atoms with Crippen molar-refractivity contribution >= 4 is 0 Å². The van der Waals surface area contributed by atoms with Gasteiger partial charge in [0.15, 0.2) is 5.82 Å². The molecule has 0 saturated carbocycles. The van der Waals surface area contributed by atoms with Crippen LogP contribution in [-0.4, -0.2) is 14.8 Å². The first-order valence-corrected chi connectivity index (χ1v) is 5.15. The van der Waals surface area contributed by atoms with Crippen LogP contribution in [0.5, 0.6) is 0 Å². The maximum Gasteiger partial charge on any atom is 0.166 e. The van der Waals surface area contributed by atoms with Gasteiger partial charge in [-0.1, -0.05) is 12.1 Å². The molecule has 0 aliphatic carbocycles. The second kappa shape index (κ2) is 4.40. The van der Waals surface area contributed by atoms with E-state index in [1.165, 1.54) is 6.07 Å². The Morgan fingerprint density at radius 2 is 2.06 bits per heavy atom. The van der Waals surface area contributed by atoms with E-state index in [2.05, 4.69) is 10.2 Å². The van der Waals surface area contributed by atoms with Crippen LogP contribution in [0.25, 0.3) is 11.4 Å². The van der Waals surface area contributed by atoms with Gasteiger partial charge in [0.2, 0.25) is 0 Å². The van der Waals surface area contributed by atoms with Crippen LogP contribution in [0.1, 0.15) is 12.7 Å². The van der Waals surface area contributed by atoms with Crippen molar-refractivity contribution in [3.8, 4) is 11.4 Å². The quantitative estimate of drug-likeness (QED) is 0.854. The van der Waals surface area contributed by atoms with Crippen molar-refractivity contribution in [2.24, 2.45) is 5.73 Å². The molecule has 0 radical (unpaired) electrons. The Bertz CT molecular complexity index is 492. The summed E-state index contributed by atoms with van der Waals surface area (Å²) in [7, 11) is 0. The standard InChI is InChI=1S/C11H13FN4/c1-2-16-10(7-13)14-15-11(16)8-5-3-4-6-9(8)12/h3-6H,2,7,13H2,1H3. The van der Waals surface area contributed by atoms with Crippen molar-refractivity contribution in [3.63, 3.8) is 0 Å². The summed E-state index contributed by atoms with van der Waals surface area (Å²) in [5.41, 5.74) is 5.99. The fourth-order valence-electron chi connectivity index (χ4n) is 1.66. The fraction of sp³-hybridized carbons (Fsp3) is 0.273. The average molecular weight is 220 g/mol. The van der Waals surface area contributed by atoms with Gasteiger partial charge in [0.1, 0.15) is 11.6 Å². The second-order valence-corrected chi connectivity index (χ2v) is 3.37. The number of aromatic nitrogens is 3. The summed E-state index contributed by atoms with van der Waals surface area (Å²) in [6.07, 6.45) is 0. The number of rotatable bonds is 3. The van der Waals surface area contributed by atoms with Gasteiger partial charge in [-0.15, -0.1) is 10.2 Å². The molecule has 1 aromatic heterocycles. The third kappa shape index (κ3) is 1.69. The van der Waals surface area contributed by atoms with Crippen molar-refractivity contribution in [2.45, 2.75) is 20.0 Å². The van der Waals surface area contributed by atoms with Crippen LogP contribution in [0.4, 0.5) is 4.39 Å². The highest BCUT2D eigenvalue weighted by atomic mass is 19.1. The van der Waals surface area contributed by atoms with E-state index < -0.39 is 0 Å². The molecule has 0 unspecified atom stereocenters. The zero-order valence-electron chi connectivity index (χ0n) is 9.02. The SMILES string of the molecule is CCn1c(CN)nnc1-c1ccccc1F. The predicted octanol–water partition coefficient (Wildman–Crippen LogP) is 1.56. The van der Waals surface area contributed by atoms with E-state index in [-0.39, 0.29) is 5.82 Å². The molecule has 0 atom stereocenters. The van der Waals surface area contributed by atoms with Gasteiger partial charge in [-0.3, -0.25) is 0 Å². The molecule has 0 aliphatic heterocycles. The number of nitrogens with two attached hydrogens (primary N) is 1. The van der Waals surface area contributed by atoms with Crippen LogP contribution in [0.15, 0.2) is 24.3 Å². The van der Waals surface area contributed by atoms with Gasteiger partial charge in [0, 0.05) is 6.54 Å². The number of nitrogens with zero attached hydrogens (tertiary/aromatic N) is 3. The van der Waals surface area contributed by atoms with Gasteiger partial charge in [-0.25, -0.2) is 4.39 Å². The van der Waals surface area contributed by atoms with E-state index >= 15 is 0 Å². The summed E-state index contributed by atoms with van der Waals surface area (Å²) in [6.45, 7) is 2.92. The molecular weight excluding hydrogens is 207 g/mol. The molecule has 2 aromatic rings. The van der Waals surface area contributed by atoms with Crippen molar-refractivity contribution in [2.75, 3.05) is 0 Å². The Morgan fingerprint density at radius 1 is 1.31 bits per heavy atom. The highest BCUT2D eigenvalue weighted by Gasteiger charge is 2.14. The Morgan fingerprint density at radius 3 is 2.69 bits per heavy atom. The minimum absolute atomic E-state index is 0.298. The highest BCUT2D eigenvalue weighted by molar-refractivity contribution is 5.56. The highest BCUT2D eigenvalue weighted by Crippen LogP contribution is 2.21. The molecule has 2 N–H and O–H groups in total. The number of benzene rings is 1. The van der Waals surface area contributed by atoms with Crippen LogP contribution in [-0.2, 0) is 13.1 Å². The normalized spacial score (nSPS) is 10.7. The minimum atomic E-state index is -0.298. The molecule has 0 fully saturated rings. The maximum atomic E-state index is 13.6. The third-order valence-electron chi connectivity index (χ3n) is 2.44. The van der Waals surface area contributed by atoms with Crippen LogP contribution in [0.3, 0.4) is 0 Å². The Hall–Kier alpha value is -1.75. The summed E-state index contributed by atoms with van der Waals surface area (Å²) in [5.74, 6) is 0.898. The largest absolute Gasteiger partial charge is 0.324 e. The lowest BCUT2D eigenvalue weighted by molar-refractivity contribution is 0.626. The van der Waals surface area contributed by atoms with Crippen molar-refractivity contribution in [3.05, 3.63) is 35.9 Å². The molecule has 0 spiro atoms. The molecule has 1 heterocycles. The number of hydrogen-bond donors (Lipinski definition) is 1. The van der Waals surface area contributed by atoms with Gasteiger partial charge in [-0.2, -0.15) is 0 Å². The van der Waals surface area contributed by atoms with Crippen LogP contribution < -0.4 is 5.73 Å². The van der Waals surface area contributed by atoms with Gasteiger partial charge >= 0.3 is 0 Å². The molecule has 16 heavy (non-hydrogen) atoms. The first-order valence-electron chi connectivity index (χ1n) is 5.15. The number of hydrogen-bond acceptors (Lipinski definition) is 3. The molecule has 5 heteroatoms. The van der Waals surface area contributed by atoms with Crippen LogP contribution >= 0.6 is 0 Å². The molecule has 0 bridgehead atoms. The average Bonchev–Trinajstić information content (AvgIpc) is 2.72. The van der Waals surface area contributed by atoms with E-state index in [1.54, 1.807) is 18.2 Å². The topological polar surface area (TPSA) is 56.7 Å². The van der Waals surface area contributed by atoms with Crippen molar-refractivity contribution in [1.29, 1.82) is 0 Å². The minimum Gasteiger partial charge on any atom is -0.324 e. The van der Waals surface area contributed by atoms with E-state index in [1.807, 2.05) is 11.5 Å². The summed E-state index contributed by atoms with van der Waals surface area (Å²) in [6, 6.07) is 6.52. The molecule has 2 rings (SSSR count). The van der Waals surface area contributed by atoms with Gasteiger partial charge < -0.3 is 10.3 Å². The lowest BCUT2D eigenvalue weighted by Crippen LogP contribution is -2.08. The van der Waals surface area contributed by atoms with Crippen molar-refractivity contribution in [1.82, 2.24) is 14.8 Å². The van der Waals surface area contributed by atoms with E-state index in [4.69, 9.17) is 5.73 Å². The lowest BCUT2D eigenvalue weighted by Gasteiger charge is -2.06. The molecule has 0 amide bonds. The van der Waals surface area contributed by atoms with Crippen LogP contribution in [0.2, 0.25) is 0 Å². The fourth-order valence-corrected chi connectivity index (χ4v) is 1.66. The first-order chi connectivity index (χ1) is 7.77. The third-order valence-corrected chi connectivity index (χ3v) is 2.44. The Balaban J connectivity index is 2.56. The Kier molecular flexibility index (Phi) is 2.96. The zero-order valence-corrected chi connectivity index (χ0v) is 9.02. The molecule has 84 valence electrons. The van der Waals surface area contributed by atoms with Gasteiger partial charge in [-0.05, 0) is 19.1 Å². The van der Waals surface area contributed by atoms with Gasteiger partial charge in [0.05, 0.1) is 12.1 Å². The molecule has 0 saturated heterocycles. The number of halogens is 1.